The van der Waals surface area contributed by atoms with Gasteiger partial charge < -0.3 is 9.52 Å². The first kappa shape index (κ1) is 7.70. The fourth-order valence-corrected chi connectivity index (χ4v) is 0.535. The van der Waals surface area contributed by atoms with Gasteiger partial charge in [-0.15, -0.1) is 13.2 Å². The highest BCUT2D eigenvalue weighted by atomic mass is 19.4. The average Bonchev–Trinajstić information content (AvgIpc) is 2.08. The number of aromatic hydroxyl groups is 1. The molecule has 0 saturated heterocycles. The van der Waals surface area contributed by atoms with E-state index in [2.05, 4.69) is 4.42 Å². The maximum atomic E-state index is 11.7. The highest BCUT2D eigenvalue weighted by molar-refractivity contribution is 5.00. The molecule has 1 heterocycles. The van der Waals surface area contributed by atoms with E-state index >= 15 is 0 Å². The molecule has 0 saturated carbocycles. The third kappa shape index (κ3) is 1.21. The molecule has 1 aromatic heterocycles. The van der Waals surface area contributed by atoms with Crippen LogP contribution in [0.25, 0.3) is 0 Å². The lowest BCUT2D eigenvalue weighted by Gasteiger charge is -2.03. The fourth-order valence-electron chi connectivity index (χ4n) is 0.535. The maximum Gasteiger partial charge on any atom is 0.496 e. The SMILES string of the molecule is O=c1occ(O)n1C(F)(F)F. The molecule has 0 spiro atoms. The first-order chi connectivity index (χ1) is 4.93. The summed E-state index contributed by atoms with van der Waals surface area (Å²) in [6, 6.07) is 0. The minimum Gasteiger partial charge on any atom is -0.492 e. The number of nitrogens with zero attached hydrogens (tertiary/aromatic N) is 1. The van der Waals surface area contributed by atoms with Gasteiger partial charge in [0.05, 0.1) is 0 Å². The molecule has 0 amide bonds. The molecule has 0 atom stereocenters. The highest BCUT2D eigenvalue weighted by Gasteiger charge is 2.36. The van der Waals surface area contributed by atoms with E-state index in [0.29, 0.717) is 6.26 Å². The molecule has 0 aliphatic rings. The van der Waals surface area contributed by atoms with Crippen LogP contribution < -0.4 is 5.76 Å². The molecule has 4 nitrogen and oxygen atoms in total. The molecule has 0 aromatic carbocycles. The van der Waals surface area contributed by atoms with Crippen molar-refractivity contribution < 1.29 is 22.7 Å². The van der Waals surface area contributed by atoms with Gasteiger partial charge in [-0.1, -0.05) is 0 Å². The number of oxazole rings is 1. The van der Waals surface area contributed by atoms with Crippen LogP contribution in [0.2, 0.25) is 0 Å². The van der Waals surface area contributed by atoms with Gasteiger partial charge in [0, 0.05) is 0 Å². The molecule has 0 fully saturated rings. The summed E-state index contributed by atoms with van der Waals surface area (Å²) in [4.78, 5) is 10.2. The van der Waals surface area contributed by atoms with Crippen LogP contribution in [0, 0.1) is 0 Å². The van der Waals surface area contributed by atoms with Crippen molar-refractivity contribution in [3.8, 4) is 5.88 Å². The Hall–Kier alpha value is -1.40. The number of alkyl halides is 3. The molecule has 1 aromatic rings. The van der Waals surface area contributed by atoms with Gasteiger partial charge in [0.25, 0.3) is 0 Å². The van der Waals surface area contributed by atoms with Gasteiger partial charge in [0.1, 0.15) is 0 Å². The van der Waals surface area contributed by atoms with E-state index in [0.717, 1.165) is 0 Å². The monoisotopic (exact) mass is 169 g/mol. The van der Waals surface area contributed by atoms with E-state index in [-0.39, 0.29) is 0 Å². The van der Waals surface area contributed by atoms with Gasteiger partial charge in [-0.3, -0.25) is 0 Å². The number of halogens is 3. The van der Waals surface area contributed by atoms with Crippen LogP contribution in [-0.4, -0.2) is 9.67 Å². The first-order valence-corrected chi connectivity index (χ1v) is 2.39. The quantitative estimate of drug-likeness (QED) is 0.619. The van der Waals surface area contributed by atoms with Gasteiger partial charge >= 0.3 is 12.1 Å². The molecular formula is C4H2F3NO3. The second-order valence-corrected chi connectivity index (χ2v) is 1.66. The summed E-state index contributed by atoms with van der Waals surface area (Å²) in [5.74, 6) is -2.92. The van der Waals surface area contributed by atoms with Crippen molar-refractivity contribution in [1.82, 2.24) is 4.57 Å². The summed E-state index contributed by atoms with van der Waals surface area (Å²) in [5.41, 5.74) is 0. The molecule has 0 aliphatic heterocycles. The van der Waals surface area contributed by atoms with E-state index in [1.807, 2.05) is 0 Å². The predicted molar refractivity (Wildman–Crippen MR) is 25.9 cm³/mol. The van der Waals surface area contributed by atoms with Crippen molar-refractivity contribution in [3.05, 3.63) is 16.8 Å². The lowest BCUT2D eigenvalue weighted by Crippen LogP contribution is -2.26. The zero-order valence-electron chi connectivity index (χ0n) is 4.92. The predicted octanol–water partition coefficient (Wildman–Crippen LogP) is 0.623. The zero-order chi connectivity index (χ0) is 8.65. The third-order valence-electron chi connectivity index (χ3n) is 0.930. The van der Waals surface area contributed by atoms with E-state index < -0.39 is 22.5 Å². The Labute approximate surface area is 57.5 Å². The Morgan fingerprint density at radius 3 is 2.27 bits per heavy atom. The van der Waals surface area contributed by atoms with E-state index in [1.54, 1.807) is 0 Å². The minimum absolute atomic E-state index is 0.315. The fraction of sp³-hybridized carbons (Fsp3) is 0.250. The van der Waals surface area contributed by atoms with Crippen molar-refractivity contribution in [2.75, 3.05) is 0 Å². The molecule has 62 valence electrons. The summed E-state index contributed by atoms with van der Waals surface area (Å²) in [7, 11) is 0. The van der Waals surface area contributed by atoms with Gasteiger partial charge in [-0.05, 0) is 0 Å². The molecular weight excluding hydrogens is 167 g/mol. The van der Waals surface area contributed by atoms with Crippen molar-refractivity contribution in [1.29, 1.82) is 0 Å². The lowest BCUT2D eigenvalue weighted by atomic mass is 10.8. The standard InChI is InChI=1S/C4H2F3NO3/c5-4(6,7)8-2(9)1-11-3(8)10/h1,9H. The Bertz CT molecular complexity index is 309. The summed E-state index contributed by atoms with van der Waals surface area (Å²) >= 11 is 0. The van der Waals surface area contributed by atoms with Crippen LogP contribution in [0.4, 0.5) is 13.2 Å². The van der Waals surface area contributed by atoms with Gasteiger partial charge in [0.15, 0.2) is 6.26 Å². The van der Waals surface area contributed by atoms with Crippen molar-refractivity contribution >= 4 is 0 Å². The molecule has 0 radical (unpaired) electrons. The molecule has 1 N–H and O–H groups in total. The molecule has 7 heteroatoms. The van der Waals surface area contributed by atoms with Crippen LogP contribution in [0.3, 0.4) is 0 Å². The minimum atomic E-state index is -4.94. The number of hydrogen-bond acceptors (Lipinski definition) is 3. The number of aromatic nitrogens is 1. The summed E-state index contributed by atoms with van der Waals surface area (Å²) in [6.45, 7) is 0. The second-order valence-electron chi connectivity index (χ2n) is 1.66. The Morgan fingerprint density at radius 1 is 1.55 bits per heavy atom. The lowest BCUT2D eigenvalue weighted by molar-refractivity contribution is -0.209. The van der Waals surface area contributed by atoms with Crippen LogP contribution in [0.5, 0.6) is 5.88 Å². The van der Waals surface area contributed by atoms with Crippen molar-refractivity contribution in [2.45, 2.75) is 6.30 Å². The van der Waals surface area contributed by atoms with E-state index in [9.17, 15) is 18.0 Å². The third-order valence-corrected chi connectivity index (χ3v) is 0.930. The van der Waals surface area contributed by atoms with Crippen molar-refractivity contribution in [3.63, 3.8) is 0 Å². The summed E-state index contributed by atoms with van der Waals surface area (Å²) in [5, 5.41) is 8.42. The van der Waals surface area contributed by atoms with Gasteiger partial charge in [-0.2, -0.15) is 4.57 Å². The molecule has 11 heavy (non-hydrogen) atoms. The summed E-state index contributed by atoms with van der Waals surface area (Å²) in [6.07, 6.45) is -4.62. The topological polar surface area (TPSA) is 55.4 Å². The van der Waals surface area contributed by atoms with Gasteiger partial charge in [0.2, 0.25) is 5.88 Å². The Balaban J connectivity index is 3.33. The van der Waals surface area contributed by atoms with Crippen LogP contribution in [0.15, 0.2) is 15.5 Å². The smallest absolute Gasteiger partial charge is 0.492 e. The molecule has 0 unspecified atom stereocenters. The maximum absolute atomic E-state index is 11.7. The normalized spacial score (nSPS) is 11.9. The van der Waals surface area contributed by atoms with Crippen LogP contribution in [0.1, 0.15) is 0 Å². The van der Waals surface area contributed by atoms with Crippen LogP contribution in [-0.2, 0) is 6.30 Å². The Kier molecular flexibility index (Phi) is 1.43. The Morgan fingerprint density at radius 2 is 2.09 bits per heavy atom. The van der Waals surface area contributed by atoms with Crippen LogP contribution >= 0.6 is 0 Å². The molecule has 0 aliphatic carbocycles. The molecule has 1 rings (SSSR count). The van der Waals surface area contributed by atoms with E-state index in [1.165, 1.54) is 0 Å². The largest absolute Gasteiger partial charge is 0.496 e. The summed E-state index contributed by atoms with van der Waals surface area (Å²) < 4.78 is 38.0. The first-order valence-electron chi connectivity index (χ1n) is 2.39. The van der Waals surface area contributed by atoms with Gasteiger partial charge in [-0.25, -0.2) is 4.79 Å². The zero-order valence-corrected chi connectivity index (χ0v) is 4.92. The average molecular weight is 169 g/mol. The number of rotatable bonds is 0. The highest BCUT2D eigenvalue weighted by Crippen LogP contribution is 2.24. The molecule has 0 bridgehead atoms. The second kappa shape index (κ2) is 2.04. The van der Waals surface area contributed by atoms with Crippen molar-refractivity contribution in [2.24, 2.45) is 0 Å². The number of hydrogen-bond donors (Lipinski definition) is 1. The van der Waals surface area contributed by atoms with E-state index in [4.69, 9.17) is 5.11 Å².